The molecule has 1 aliphatic heterocycles. The van der Waals surface area contributed by atoms with Gasteiger partial charge in [-0.1, -0.05) is 0 Å². The van der Waals surface area contributed by atoms with Crippen LogP contribution in [-0.2, 0) is 11.2 Å². The molecule has 2 aromatic heterocycles. The number of carbonyl (C=O) groups is 1. The number of nitrogens with zero attached hydrogens (tertiary/aromatic N) is 4. The van der Waals surface area contributed by atoms with Crippen LogP contribution < -0.4 is 4.90 Å². The van der Waals surface area contributed by atoms with Crippen molar-refractivity contribution in [3.05, 3.63) is 39.7 Å². The summed E-state index contributed by atoms with van der Waals surface area (Å²) in [5, 5.41) is 10.4. The van der Waals surface area contributed by atoms with Crippen LogP contribution in [0.3, 0.4) is 0 Å². The molecule has 0 atom stereocenters. The Balaban J connectivity index is 1.49. The number of aryl methyl sites for hydroxylation is 3. The van der Waals surface area contributed by atoms with Crippen molar-refractivity contribution in [3.8, 4) is 0 Å². The molecule has 23 heavy (non-hydrogen) atoms. The number of amides is 1. The van der Waals surface area contributed by atoms with Gasteiger partial charge in [-0.3, -0.25) is 4.79 Å². The largest absolute Gasteiger partial charge is 0.352 e. The highest BCUT2D eigenvalue weighted by atomic mass is 32.1. The maximum Gasteiger partial charge on any atom is 0.223 e. The minimum Gasteiger partial charge on any atom is -0.352 e. The molecule has 0 spiro atoms. The van der Waals surface area contributed by atoms with Gasteiger partial charge < -0.3 is 9.80 Å². The highest BCUT2D eigenvalue weighted by molar-refractivity contribution is 7.10. The Hall–Kier alpha value is -1.95. The van der Waals surface area contributed by atoms with Crippen LogP contribution in [0.1, 0.15) is 22.6 Å². The van der Waals surface area contributed by atoms with Crippen LogP contribution in [0.2, 0.25) is 0 Å². The monoisotopic (exact) mass is 330 g/mol. The predicted octanol–water partition coefficient (Wildman–Crippen LogP) is 2.44. The molecule has 2 aromatic rings. The van der Waals surface area contributed by atoms with Gasteiger partial charge in [0.25, 0.3) is 0 Å². The molecule has 1 aliphatic rings. The third-order valence-electron chi connectivity index (χ3n) is 4.27. The lowest BCUT2D eigenvalue weighted by Gasteiger charge is -2.35. The van der Waals surface area contributed by atoms with Crippen molar-refractivity contribution in [2.45, 2.75) is 26.7 Å². The zero-order valence-corrected chi connectivity index (χ0v) is 14.5. The molecule has 0 aliphatic carbocycles. The molecule has 5 nitrogen and oxygen atoms in total. The second-order valence-electron chi connectivity index (χ2n) is 5.93. The van der Waals surface area contributed by atoms with E-state index in [0.29, 0.717) is 6.42 Å². The van der Waals surface area contributed by atoms with E-state index in [9.17, 15) is 4.79 Å². The number of anilines is 1. The van der Waals surface area contributed by atoms with E-state index in [4.69, 9.17) is 0 Å². The molecule has 0 radical (unpaired) electrons. The zero-order chi connectivity index (χ0) is 16.2. The Kier molecular flexibility index (Phi) is 4.91. The molecule has 0 bridgehead atoms. The fourth-order valence-electron chi connectivity index (χ4n) is 2.78. The summed E-state index contributed by atoms with van der Waals surface area (Å²) >= 11 is 1.74. The van der Waals surface area contributed by atoms with Gasteiger partial charge in [-0.05, 0) is 49.4 Å². The summed E-state index contributed by atoms with van der Waals surface area (Å²) in [6, 6.07) is 6.09. The third-order valence-corrected chi connectivity index (χ3v) is 5.36. The number of piperazine rings is 1. The van der Waals surface area contributed by atoms with E-state index >= 15 is 0 Å². The first-order valence-corrected chi connectivity index (χ1v) is 8.87. The van der Waals surface area contributed by atoms with Gasteiger partial charge in [0.1, 0.15) is 0 Å². The van der Waals surface area contributed by atoms with Crippen LogP contribution >= 0.6 is 11.3 Å². The van der Waals surface area contributed by atoms with Gasteiger partial charge in [0.15, 0.2) is 5.82 Å². The molecule has 1 saturated heterocycles. The molecule has 6 heteroatoms. The molecule has 0 saturated carbocycles. The second kappa shape index (κ2) is 7.08. The van der Waals surface area contributed by atoms with Gasteiger partial charge in [0.05, 0.1) is 5.69 Å². The van der Waals surface area contributed by atoms with Gasteiger partial charge in [-0.25, -0.2) is 0 Å². The standard InChI is InChI=1S/C17H22N4OS/c1-13-7-12-23-15(13)4-6-17(22)21-10-8-20(9-11-21)16-5-3-14(2)18-19-16/h3,5,7,12H,4,6,8-11H2,1-2H3. The molecular weight excluding hydrogens is 308 g/mol. The van der Waals surface area contributed by atoms with Crippen molar-refractivity contribution < 1.29 is 4.79 Å². The Labute approximate surface area is 140 Å². The van der Waals surface area contributed by atoms with Gasteiger partial charge >= 0.3 is 0 Å². The Morgan fingerprint density at radius 1 is 1.13 bits per heavy atom. The summed E-state index contributed by atoms with van der Waals surface area (Å²) in [5.41, 5.74) is 2.22. The smallest absolute Gasteiger partial charge is 0.223 e. The average Bonchev–Trinajstić information content (AvgIpc) is 2.99. The molecule has 3 rings (SSSR count). The maximum absolute atomic E-state index is 12.4. The summed E-state index contributed by atoms with van der Waals surface area (Å²) in [6.45, 7) is 7.21. The minimum absolute atomic E-state index is 0.257. The van der Waals surface area contributed by atoms with E-state index in [1.807, 2.05) is 24.0 Å². The topological polar surface area (TPSA) is 49.3 Å². The fraction of sp³-hybridized carbons (Fsp3) is 0.471. The van der Waals surface area contributed by atoms with E-state index in [1.54, 1.807) is 11.3 Å². The van der Waals surface area contributed by atoms with E-state index in [0.717, 1.165) is 44.1 Å². The fourth-order valence-corrected chi connectivity index (χ4v) is 3.69. The summed E-state index contributed by atoms with van der Waals surface area (Å²) in [7, 11) is 0. The zero-order valence-electron chi connectivity index (χ0n) is 13.7. The molecular formula is C17H22N4OS. The van der Waals surface area contributed by atoms with Crippen LogP contribution in [0.4, 0.5) is 5.82 Å². The Morgan fingerprint density at radius 3 is 2.52 bits per heavy atom. The van der Waals surface area contributed by atoms with Crippen LogP contribution in [0.25, 0.3) is 0 Å². The van der Waals surface area contributed by atoms with Gasteiger partial charge in [-0.2, -0.15) is 5.10 Å². The number of hydrogen-bond acceptors (Lipinski definition) is 5. The number of carbonyl (C=O) groups excluding carboxylic acids is 1. The third kappa shape index (κ3) is 3.88. The predicted molar refractivity (Wildman–Crippen MR) is 92.9 cm³/mol. The number of hydrogen-bond donors (Lipinski definition) is 0. The molecule has 0 N–H and O–H groups in total. The molecule has 0 aromatic carbocycles. The lowest BCUT2D eigenvalue weighted by atomic mass is 10.2. The van der Waals surface area contributed by atoms with Crippen molar-refractivity contribution in [2.24, 2.45) is 0 Å². The molecule has 3 heterocycles. The van der Waals surface area contributed by atoms with Gasteiger partial charge in [0.2, 0.25) is 5.91 Å². The first-order chi connectivity index (χ1) is 11.1. The van der Waals surface area contributed by atoms with Gasteiger partial charge in [0, 0.05) is 37.5 Å². The van der Waals surface area contributed by atoms with Crippen molar-refractivity contribution in [2.75, 3.05) is 31.1 Å². The van der Waals surface area contributed by atoms with E-state index in [1.165, 1.54) is 10.4 Å². The van der Waals surface area contributed by atoms with Crippen LogP contribution in [0, 0.1) is 13.8 Å². The van der Waals surface area contributed by atoms with E-state index in [-0.39, 0.29) is 5.91 Å². The summed E-state index contributed by atoms with van der Waals surface area (Å²) in [6.07, 6.45) is 1.46. The van der Waals surface area contributed by atoms with Crippen LogP contribution in [0.15, 0.2) is 23.6 Å². The van der Waals surface area contributed by atoms with Crippen LogP contribution in [0.5, 0.6) is 0 Å². The first-order valence-electron chi connectivity index (χ1n) is 7.99. The number of rotatable bonds is 4. The summed E-state index contributed by atoms with van der Waals surface area (Å²) < 4.78 is 0. The molecule has 1 fully saturated rings. The Morgan fingerprint density at radius 2 is 1.91 bits per heavy atom. The van der Waals surface area contributed by atoms with E-state index < -0.39 is 0 Å². The molecule has 0 unspecified atom stereocenters. The normalized spacial score (nSPS) is 15.0. The minimum atomic E-state index is 0.257. The highest BCUT2D eigenvalue weighted by Crippen LogP contribution is 2.18. The number of thiophene rings is 1. The first kappa shape index (κ1) is 15.9. The number of aromatic nitrogens is 2. The second-order valence-corrected chi connectivity index (χ2v) is 6.93. The van der Waals surface area contributed by atoms with Crippen molar-refractivity contribution in [3.63, 3.8) is 0 Å². The quantitative estimate of drug-likeness (QED) is 0.864. The van der Waals surface area contributed by atoms with Crippen LogP contribution in [-0.4, -0.2) is 47.2 Å². The SMILES string of the molecule is Cc1ccc(N2CCN(C(=O)CCc3sccc3C)CC2)nn1. The Bertz CT molecular complexity index is 659. The molecule has 122 valence electrons. The average molecular weight is 330 g/mol. The van der Waals surface area contributed by atoms with Crippen molar-refractivity contribution in [1.29, 1.82) is 0 Å². The van der Waals surface area contributed by atoms with Crippen molar-refractivity contribution in [1.82, 2.24) is 15.1 Å². The lowest BCUT2D eigenvalue weighted by molar-refractivity contribution is -0.131. The summed E-state index contributed by atoms with van der Waals surface area (Å²) in [5.74, 6) is 1.16. The highest BCUT2D eigenvalue weighted by Gasteiger charge is 2.22. The van der Waals surface area contributed by atoms with Crippen molar-refractivity contribution >= 4 is 23.1 Å². The summed E-state index contributed by atoms with van der Waals surface area (Å²) in [4.78, 5) is 17.9. The maximum atomic E-state index is 12.4. The van der Waals surface area contributed by atoms with E-state index in [2.05, 4.69) is 33.5 Å². The lowest BCUT2D eigenvalue weighted by Crippen LogP contribution is -2.49. The van der Waals surface area contributed by atoms with Gasteiger partial charge in [-0.15, -0.1) is 16.4 Å². The molecule has 1 amide bonds.